The van der Waals surface area contributed by atoms with Crippen molar-refractivity contribution in [2.75, 3.05) is 26.2 Å². The van der Waals surface area contributed by atoms with Crippen LogP contribution in [0.25, 0.3) is 0 Å². The molecule has 190 valence electrons. The van der Waals surface area contributed by atoms with Gasteiger partial charge >= 0.3 is 0 Å². The van der Waals surface area contributed by atoms with E-state index in [1.807, 2.05) is 6.07 Å². The molecule has 0 saturated carbocycles. The molecule has 35 heavy (non-hydrogen) atoms. The normalized spacial score (nSPS) is 12.3. The van der Waals surface area contributed by atoms with E-state index < -0.39 is 27.9 Å². The lowest BCUT2D eigenvalue weighted by Gasteiger charge is -2.22. The highest BCUT2D eigenvalue weighted by atomic mass is 32.2. The number of nitrogens with one attached hydrogen (secondary N) is 3. The Balaban J connectivity index is 1.99. The molecule has 0 bridgehead atoms. The summed E-state index contributed by atoms with van der Waals surface area (Å²) < 4.78 is 26.9. The van der Waals surface area contributed by atoms with Gasteiger partial charge in [0.2, 0.25) is 15.9 Å². The molecule has 0 aliphatic rings. The summed E-state index contributed by atoms with van der Waals surface area (Å²) in [7, 11) is -3.72. The summed E-state index contributed by atoms with van der Waals surface area (Å²) in [4.78, 5) is 37.7. The summed E-state index contributed by atoms with van der Waals surface area (Å²) in [6.07, 6.45) is 0. The lowest BCUT2D eigenvalue weighted by Crippen LogP contribution is -2.50. The zero-order valence-corrected chi connectivity index (χ0v) is 21.4. The van der Waals surface area contributed by atoms with Crippen molar-refractivity contribution < 1.29 is 22.8 Å². The van der Waals surface area contributed by atoms with Crippen molar-refractivity contribution in [3.63, 3.8) is 0 Å². The van der Waals surface area contributed by atoms with Crippen molar-refractivity contribution in [3.05, 3.63) is 65.7 Å². The van der Waals surface area contributed by atoms with Crippen LogP contribution in [0, 0.1) is 5.92 Å². The minimum Gasteiger partial charge on any atom is -0.353 e. The second kappa shape index (κ2) is 13.0. The number of hydrogen-bond donors (Lipinski definition) is 3. The Bertz CT molecular complexity index is 1120. The van der Waals surface area contributed by atoms with Crippen LogP contribution >= 0.6 is 0 Å². The Morgan fingerprint density at radius 2 is 1.43 bits per heavy atom. The van der Waals surface area contributed by atoms with Crippen LogP contribution < -0.4 is 16.0 Å². The molecule has 10 heteroatoms. The van der Waals surface area contributed by atoms with E-state index in [4.69, 9.17) is 0 Å². The molecular formula is C25H34N4O5S. The Morgan fingerprint density at radius 1 is 0.829 bits per heavy atom. The van der Waals surface area contributed by atoms with Gasteiger partial charge in [0.05, 0.1) is 4.90 Å². The van der Waals surface area contributed by atoms with Gasteiger partial charge in [-0.05, 0) is 36.2 Å². The number of carbonyl (C=O) groups is 3. The maximum absolute atomic E-state index is 12.9. The molecule has 0 aromatic heterocycles. The van der Waals surface area contributed by atoms with Gasteiger partial charge in [0.1, 0.15) is 6.04 Å². The molecule has 0 radical (unpaired) electrons. The number of nitrogens with zero attached hydrogens (tertiary/aromatic N) is 1. The molecule has 3 N–H and O–H groups in total. The first-order chi connectivity index (χ1) is 16.6. The van der Waals surface area contributed by atoms with E-state index in [1.54, 1.807) is 52.0 Å². The van der Waals surface area contributed by atoms with E-state index >= 15 is 0 Å². The smallest absolute Gasteiger partial charge is 0.251 e. The molecule has 1 atom stereocenters. The molecule has 2 rings (SSSR count). The molecule has 2 aromatic carbocycles. The van der Waals surface area contributed by atoms with Gasteiger partial charge in [0.15, 0.2) is 0 Å². The number of rotatable bonds is 12. The minimum absolute atomic E-state index is 0.0218. The van der Waals surface area contributed by atoms with Crippen LogP contribution in [0.5, 0.6) is 0 Å². The number of carbonyl (C=O) groups excluding carboxylic acids is 3. The Hall–Kier alpha value is -3.24. The van der Waals surface area contributed by atoms with Crippen LogP contribution in [0.2, 0.25) is 0 Å². The predicted molar refractivity (Wildman–Crippen MR) is 134 cm³/mol. The third-order valence-corrected chi connectivity index (χ3v) is 7.47. The molecule has 0 heterocycles. The third-order valence-electron chi connectivity index (χ3n) is 5.42. The highest BCUT2D eigenvalue weighted by molar-refractivity contribution is 7.89. The second-order valence-electron chi connectivity index (χ2n) is 8.23. The zero-order chi connectivity index (χ0) is 26.0. The molecule has 0 aliphatic carbocycles. The van der Waals surface area contributed by atoms with Crippen molar-refractivity contribution in [3.8, 4) is 0 Å². The molecule has 0 fully saturated rings. The van der Waals surface area contributed by atoms with Crippen LogP contribution in [0.4, 0.5) is 0 Å². The van der Waals surface area contributed by atoms with Gasteiger partial charge in [-0.15, -0.1) is 0 Å². The number of sulfonamides is 1. The number of hydrogen-bond acceptors (Lipinski definition) is 5. The first kappa shape index (κ1) is 28.0. The summed E-state index contributed by atoms with van der Waals surface area (Å²) in [6, 6.07) is 13.7. The van der Waals surface area contributed by atoms with Crippen molar-refractivity contribution in [1.29, 1.82) is 0 Å². The third kappa shape index (κ3) is 7.63. The minimum atomic E-state index is -3.72. The first-order valence-corrected chi connectivity index (χ1v) is 13.1. The monoisotopic (exact) mass is 502 g/mol. The SMILES string of the molecule is CCN(CC)S(=O)(=O)c1cccc(C(=O)N[C@H](C(=O)NCCNC(=O)c2ccccc2)C(C)C)c1. The van der Waals surface area contributed by atoms with Crippen molar-refractivity contribution in [2.45, 2.75) is 38.6 Å². The fourth-order valence-electron chi connectivity index (χ4n) is 3.43. The number of amides is 3. The summed E-state index contributed by atoms with van der Waals surface area (Å²) in [5, 5.41) is 8.15. The molecule has 0 saturated heterocycles. The molecule has 0 aliphatic heterocycles. The first-order valence-electron chi connectivity index (χ1n) is 11.6. The van der Waals surface area contributed by atoms with Crippen LogP contribution in [0.1, 0.15) is 48.4 Å². The summed E-state index contributed by atoms with van der Waals surface area (Å²) >= 11 is 0. The van der Waals surface area contributed by atoms with Gasteiger partial charge in [-0.1, -0.05) is 52.0 Å². The van der Waals surface area contributed by atoms with Crippen LogP contribution in [0.15, 0.2) is 59.5 Å². The molecule has 2 aromatic rings. The number of benzene rings is 2. The predicted octanol–water partition coefficient (Wildman–Crippen LogP) is 2.02. The van der Waals surface area contributed by atoms with Gasteiger partial charge in [-0.3, -0.25) is 14.4 Å². The molecular weight excluding hydrogens is 468 g/mol. The Morgan fingerprint density at radius 3 is 2.03 bits per heavy atom. The van der Waals surface area contributed by atoms with Gasteiger partial charge in [0.25, 0.3) is 11.8 Å². The molecule has 0 unspecified atom stereocenters. The van der Waals surface area contributed by atoms with E-state index in [1.165, 1.54) is 28.6 Å². The van der Waals surface area contributed by atoms with Gasteiger partial charge < -0.3 is 16.0 Å². The van der Waals surface area contributed by atoms with Gasteiger partial charge in [-0.2, -0.15) is 4.31 Å². The topological polar surface area (TPSA) is 125 Å². The van der Waals surface area contributed by atoms with Crippen molar-refractivity contribution in [2.24, 2.45) is 5.92 Å². The fraction of sp³-hybridized carbons (Fsp3) is 0.400. The second-order valence-corrected chi connectivity index (χ2v) is 10.2. The van der Waals surface area contributed by atoms with Crippen LogP contribution in [0.3, 0.4) is 0 Å². The van der Waals surface area contributed by atoms with Gasteiger partial charge in [-0.25, -0.2) is 8.42 Å². The summed E-state index contributed by atoms with van der Waals surface area (Å²) in [5.41, 5.74) is 0.670. The van der Waals surface area contributed by atoms with Crippen molar-refractivity contribution in [1.82, 2.24) is 20.3 Å². The van der Waals surface area contributed by atoms with E-state index in [2.05, 4.69) is 16.0 Å². The Kier molecular flexibility index (Phi) is 10.4. The summed E-state index contributed by atoms with van der Waals surface area (Å²) in [5.74, 6) is -1.41. The average Bonchev–Trinajstić information content (AvgIpc) is 2.85. The lowest BCUT2D eigenvalue weighted by atomic mass is 10.0. The van der Waals surface area contributed by atoms with Crippen molar-refractivity contribution >= 4 is 27.7 Å². The maximum Gasteiger partial charge on any atom is 0.251 e. The lowest BCUT2D eigenvalue weighted by molar-refractivity contribution is -0.123. The quantitative estimate of drug-likeness (QED) is 0.383. The van der Waals surface area contributed by atoms with E-state index in [0.717, 1.165) is 0 Å². The summed E-state index contributed by atoms with van der Waals surface area (Å²) in [6.45, 7) is 8.13. The van der Waals surface area contributed by atoms with Gasteiger partial charge in [0, 0.05) is 37.3 Å². The van der Waals surface area contributed by atoms with E-state index in [0.29, 0.717) is 18.7 Å². The zero-order valence-electron chi connectivity index (χ0n) is 20.6. The standard InChI is InChI=1S/C25H34N4O5S/c1-5-29(6-2)35(33,34)21-14-10-13-20(17-21)24(31)28-22(18(3)4)25(32)27-16-15-26-23(30)19-11-8-7-9-12-19/h7-14,17-18,22H,5-6,15-16H2,1-4H3,(H,26,30)(H,27,32)(H,28,31)/t22-/m0/s1. The van der Waals surface area contributed by atoms with E-state index in [9.17, 15) is 22.8 Å². The van der Waals surface area contributed by atoms with E-state index in [-0.39, 0.29) is 35.4 Å². The molecule has 0 spiro atoms. The average molecular weight is 503 g/mol. The fourth-order valence-corrected chi connectivity index (χ4v) is 4.94. The van der Waals surface area contributed by atoms with Crippen LogP contribution in [-0.4, -0.2) is 62.7 Å². The highest BCUT2D eigenvalue weighted by Gasteiger charge is 2.26. The molecule has 3 amide bonds. The largest absolute Gasteiger partial charge is 0.353 e. The molecule has 9 nitrogen and oxygen atoms in total. The Labute approximate surface area is 207 Å². The van der Waals surface area contributed by atoms with Crippen LogP contribution in [-0.2, 0) is 14.8 Å². The highest BCUT2D eigenvalue weighted by Crippen LogP contribution is 2.17. The maximum atomic E-state index is 12.9.